The zero-order valence-electron chi connectivity index (χ0n) is 10.3. The molecular weight excluding hydrogens is 208 g/mol. The molecule has 0 amide bonds. The summed E-state index contributed by atoms with van der Waals surface area (Å²) in [6, 6.07) is 16.0. The SMILES string of the molecule is Cc1ccc(C(N)(N)c2ccc(C)cc2)cc1. The fourth-order valence-corrected chi connectivity index (χ4v) is 1.83. The predicted octanol–water partition coefficient (Wildman–Crippen LogP) is 2.42. The van der Waals surface area contributed by atoms with Crippen LogP contribution in [0.4, 0.5) is 0 Å². The summed E-state index contributed by atoms with van der Waals surface area (Å²) in [4.78, 5) is 0. The highest BCUT2D eigenvalue weighted by molar-refractivity contribution is 5.38. The second-order valence-corrected chi connectivity index (χ2v) is 4.60. The Kier molecular flexibility index (Phi) is 3.01. The van der Waals surface area contributed by atoms with Crippen molar-refractivity contribution in [1.29, 1.82) is 0 Å². The summed E-state index contributed by atoms with van der Waals surface area (Å²) < 4.78 is 0. The molecule has 0 aliphatic carbocycles. The van der Waals surface area contributed by atoms with Gasteiger partial charge in [-0.3, -0.25) is 0 Å². The number of hydrogen-bond acceptors (Lipinski definition) is 2. The van der Waals surface area contributed by atoms with Gasteiger partial charge in [0.25, 0.3) is 0 Å². The third-order valence-corrected chi connectivity index (χ3v) is 3.06. The van der Waals surface area contributed by atoms with E-state index in [0.717, 1.165) is 11.1 Å². The lowest BCUT2D eigenvalue weighted by Crippen LogP contribution is -2.47. The van der Waals surface area contributed by atoms with Crippen molar-refractivity contribution in [1.82, 2.24) is 0 Å². The molecule has 0 unspecified atom stereocenters. The van der Waals surface area contributed by atoms with Crippen LogP contribution in [0.3, 0.4) is 0 Å². The number of nitrogens with two attached hydrogens (primary N) is 2. The molecule has 2 heteroatoms. The summed E-state index contributed by atoms with van der Waals surface area (Å²) in [6.07, 6.45) is 0. The van der Waals surface area contributed by atoms with Crippen molar-refractivity contribution in [3.63, 3.8) is 0 Å². The van der Waals surface area contributed by atoms with E-state index >= 15 is 0 Å². The van der Waals surface area contributed by atoms with E-state index in [4.69, 9.17) is 11.5 Å². The molecule has 0 aromatic heterocycles. The molecule has 2 aromatic rings. The summed E-state index contributed by atoms with van der Waals surface area (Å²) >= 11 is 0. The van der Waals surface area contributed by atoms with Gasteiger partial charge in [-0.15, -0.1) is 0 Å². The van der Waals surface area contributed by atoms with Gasteiger partial charge in [0.05, 0.1) is 0 Å². The molecule has 0 heterocycles. The molecule has 0 fully saturated rings. The molecule has 0 saturated carbocycles. The number of rotatable bonds is 2. The third kappa shape index (κ3) is 2.38. The normalized spacial score (nSPS) is 11.5. The lowest BCUT2D eigenvalue weighted by atomic mass is 9.92. The van der Waals surface area contributed by atoms with Crippen LogP contribution in [0.15, 0.2) is 48.5 Å². The van der Waals surface area contributed by atoms with E-state index in [1.165, 1.54) is 11.1 Å². The van der Waals surface area contributed by atoms with Gasteiger partial charge in [0.2, 0.25) is 0 Å². The highest BCUT2D eigenvalue weighted by Crippen LogP contribution is 2.22. The maximum absolute atomic E-state index is 6.24. The van der Waals surface area contributed by atoms with Crippen molar-refractivity contribution in [2.75, 3.05) is 0 Å². The third-order valence-electron chi connectivity index (χ3n) is 3.06. The van der Waals surface area contributed by atoms with E-state index in [1.54, 1.807) is 0 Å². The molecule has 0 bridgehead atoms. The van der Waals surface area contributed by atoms with E-state index < -0.39 is 5.66 Å². The first kappa shape index (κ1) is 11.8. The summed E-state index contributed by atoms with van der Waals surface area (Å²) in [5.74, 6) is 0. The van der Waals surface area contributed by atoms with Crippen LogP contribution in [0.5, 0.6) is 0 Å². The van der Waals surface area contributed by atoms with Crippen LogP contribution in [-0.4, -0.2) is 0 Å². The van der Waals surface area contributed by atoms with Crippen LogP contribution < -0.4 is 11.5 Å². The van der Waals surface area contributed by atoms with Crippen LogP contribution in [0.2, 0.25) is 0 Å². The Morgan fingerprint density at radius 3 is 1.24 bits per heavy atom. The second kappa shape index (κ2) is 4.32. The summed E-state index contributed by atoms with van der Waals surface area (Å²) in [6.45, 7) is 4.09. The minimum absolute atomic E-state index is 0.923. The smallest absolute Gasteiger partial charge is 0.116 e. The zero-order valence-corrected chi connectivity index (χ0v) is 10.3. The van der Waals surface area contributed by atoms with Crippen LogP contribution >= 0.6 is 0 Å². The molecule has 2 nitrogen and oxygen atoms in total. The largest absolute Gasteiger partial charge is 0.306 e. The predicted molar refractivity (Wildman–Crippen MR) is 71.5 cm³/mol. The van der Waals surface area contributed by atoms with Gasteiger partial charge >= 0.3 is 0 Å². The first-order valence-electron chi connectivity index (χ1n) is 5.72. The molecular formula is C15H18N2. The number of aryl methyl sites for hydroxylation is 2. The average molecular weight is 226 g/mol. The standard InChI is InChI=1S/C15H18N2/c1-11-3-7-13(8-4-11)15(16,17)14-9-5-12(2)6-10-14/h3-10H,16-17H2,1-2H3. The van der Waals surface area contributed by atoms with E-state index in [2.05, 4.69) is 0 Å². The van der Waals surface area contributed by atoms with Gasteiger partial charge in [0, 0.05) is 0 Å². The molecule has 17 heavy (non-hydrogen) atoms. The van der Waals surface area contributed by atoms with E-state index in [1.807, 2.05) is 62.4 Å². The van der Waals surface area contributed by atoms with Gasteiger partial charge in [-0.25, -0.2) is 0 Å². The molecule has 0 spiro atoms. The molecule has 2 rings (SSSR count). The van der Waals surface area contributed by atoms with Gasteiger partial charge in [-0.05, 0) is 25.0 Å². The molecule has 4 N–H and O–H groups in total. The highest BCUT2D eigenvalue weighted by atomic mass is 15.0. The lowest BCUT2D eigenvalue weighted by Gasteiger charge is -2.26. The molecule has 0 radical (unpaired) electrons. The molecule has 0 aliphatic rings. The van der Waals surface area contributed by atoms with Crippen molar-refractivity contribution in [2.45, 2.75) is 19.5 Å². The van der Waals surface area contributed by atoms with Crippen LogP contribution in [0.1, 0.15) is 22.3 Å². The molecule has 88 valence electrons. The Morgan fingerprint density at radius 2 is 0.941 bits per heavy atom. The van der Waals surface area contributed by atoms with Crippen LogP contribution in [0, 0.1) is 13.8 Å². The first-order chi connectivity index (χ1) is 8.00. The van der Waals surface area contributed by atoms with Crippen molar-refractivity contribution in [3.8, 4) is 0 Å². The average Bonchev–Trinajstić information content (AvgIpc) is 2.30. The number of hydrogen-bond donors (Lipinski definition) is 2. The molecule has 0 atom stereocenters. The van der Waals surface area contributed by atoms with E-state index in [0.29, 0.717) is 0 Å². The van der Waals surface area contributed by atoms with Gasteiger partial charge in [-0.2, -0.15) is 0 Å². The van der Waals surface area contributed by atoms with Crippen LogP contribution in [-0.2, 0) is 5.66 Å². The van der Waals surface area contributed by atoms with Gasteiger partial charge in [-0.1, -0.05) is 59.7 Å². The quantitative estimate of drug-likeness (QED) is 0.773. The Bertz CT molecular complexity index is 448. The minimum Gasteiger partial charge on any atom is -0.306 e. The van der Waals surface area contributed by atoms with Crippen molar-refractivity contribution in [2.24, 2.45) is 11.5 Å². The van der Waals surface area contributed by atoms with Crippen molar-refractivity contribution >= 4 is 0 Å². The maximum Gasteiger partial charge on any atom is 0.116 e. The van der Waals surface area contributed by atoms with Crippen LogP contribution in [0.25, 0.3) is 0 Å². The maximum atomic E-state index is 6.24. The minimum atomic E-state index is -0.929. The Balaban J connectivity index is 2.41. The fourth-order valence-electron chi connectivity index (χ4n) is 1.83. The van der Waals surface area contributed by atoms with Crippen molar-refractivity contribution < 1.29 is 0 Å². The van der Waals surface area contributed by atoms with Gasteiger partial charge in [0.15, 0.2) is 0 Å². The lowest BCUT2D eigenvalue weighted by molar-refractivity contribution is 0.567. The monoisotopic (exact) mass is 226 g/mol. The Labute approximate surface area is 102 Å². The van der Waals surface area contributed by atoms with Gasteiger partial charge < -0.3 is 11.5 Å². The number of benzene rings is 2. The summed E-state index contributed by atoms with van der Waals surface area (Å²) in [7, 11) is 0. The second-order valence-electron chi connectivity index (χ2n) is 4.60. The van der Waals surface area contributed by atoms with E-state index in [-0.39, 0.29) is 0 Å². The zero-order chi connectivity index (χ0) is 12.5. The highest BCUT2D eigenvalue weighted by Gasteiger charge is 2.23. The molecule has 2 aromatic carbocycles. The van der Waals surface area contributed by atoms with Crippen molar-refractivity contribution in [3.05, 3.63) is 70.8 Å². The van der Waals surface area contributed by atoms with E-state index in [9.17, 15) is 0 Å². The topological polar surface area (TPSA) is 52.0 Å². The molecule has 0 aliphatic heterocycles. The Morgan fingerprint density at radius 1 is 0.647 bits per heavy atom. The first-order valence-corrected chi connectivity index (χ1v) is 5.72. The van der Waals surface area contributed by atoms with Gasteiger partial charge in [0.1, 0.15) is 5.66 Å². The fraction of sp³-hybridized carbons (Fsp3) is 0.200. The summed E-state index contributed by atoms with van der Waals surface area (Å²) in [5, 5.41) is 0. The molecule has 0 saturated heterocycles. The summed E-state index contributed by atoms with van der Waals surface area (Å²) in [5.41, 5.74) is 15.8. The Hall–Kier alpha value is -1.64.